The van der Waals surface area contributed by atoms with Crippen LogP contribution in [0.4, 0.5) is 0 Å². The van der Waals surface area contributed by atoms with Crippen LogP contribution < -0.4 is 0 Å². The van der Waals surface area contributed by atoms with Crippen LogP contribution in [-0.2, 0) is 0 Å². The van der Waals surface area contributed by atoms with Crippen LogP contribution in [0, 0.1) is 0 Å². The molecule has 202 valence electrons. The molecule has 0 unspecified atom stereocenters. The Labute approximate surface area is 254 Å². The van der Waals surface area contributed by atoms with Crippen LogP contribution in [0.2, 0.25) is 0 Å². The van der Waals surface area contributed by atoms with Gasteiger partial charge < -0.3 is 0 Å². The molecule has 1 aliphatic carbocycles. The highest BCUT2D eigenvalue weighted by Crippen LogP contribution is 2.46. The topological polar surface area (TPSA) is 0 Å². The van der Waals surface area contributed by atoms with Gasteiger partial charge in [0.1, 0.15) is 0 Å². The Morgan fingerprint density at radius 1 is 0.465 bits per heavy atom. The molecule has 0 amide bonds. The first-order chi connectivity index (χ1) is 21.3. The molecule has 0 nitrogen and oxygen atoms in total. The Morgan fingerprint density at radius 2 is 1.07 bits per heavy atom. The highest BCUT2D eigenvalue weighted by atomic mass is 32.1. The number of hydrogen-bond donors (Lipinski definition) is 0. The first-order valence-electron chi connectivity index (χ1n) is 15.1. The van der Waals surface area contributed by atoms with Crippen molar-refractivity contribution < 1.29 is 0 Å². The minimum Gasteiger partial charge on any atom is -0.135 e. The summed E-state index contributed by atoms with van der Waals surface area (Å²) < 4.78 is 2.69. The van der Waals surface area contributed by atoms with Crippen molar-refractivity contribution in [1.82, 2.24) is 0 Å². The second-order valence-corrected chi connectivity index (χ2v) is 12.6. The van der Waals surface area contributed by atoms with Crippen molar-refractivity contribution in [1.29, 1.82) is 0 Å². The summed E-state index contributed by atoms with van der Waals surface area (Å²) in [6, 6.07) is 49.3. The van der Waals surface area contributed by atoms with Gasteiger partial charge in [-0.25, -0.2) is 0 Å². The SMILES string of the molecule is C1=C(c2cccc3ccccc23)C=C(c2c3ccccc3c(-c3ccc4sc5ccccc5c4c3)c3ccccc23)CC1. The molecule has 0 radical (unpaired) electrons. The van der Waals surface area contributed by atoms with E-state index >= 15 is 0 Å². The van der Waals surface area contributed by atoms with Gasteiger partial charge in [-0.2, -0.15) is 0 Å². The van der Waals surface area contributed by atoms with E-state index in [0.717, 1.165) is 12.8 Å². The molecule has 0 spiro atoms. The smallest absolute Gasteiger partial charge is 0.0355 e. The summed E-state index contributed by atoms with van der Waals surface area (Å²) in [5, 5.41) is 10.6. The lowest BCUT2D eigenvalue weighted by Crippen LogP contribution is -1.97. The lowest BCUT2D eigenvalue weighted by Gasteiger charge is -2.22. The van der Waals surface area contributed by atoms with Crippen LogP contribution in [0.25, 0.3) is 74.8 Å². The first-order valence-corrected chi connectivity index (χ1v) is 15.9. The molecule has 9 rings (SSSR count). The zero-order chi connectivity index (χ0) is 28.3. The number of benzene rings is 7. The fourth-order valence-electron chi connectivity index (χ4n) is 7.23. The molecular weight excluding hydrogens is 537 g/mol. The molecule has 8 aromatic rings. The van der Waals surface area contributed by atoms with E-state index in [1.54, 1.807) is 0 Å². The van der Waals surface area contributed by atoms with Crippen LogP contribution in [-0.4, -0.2) is 0 Å². The van der Waals surface area contributed by atoms with Gasteiger partial charge in [0.2, 0.25) is 0 Å². The third kappa shape index (κ3) is 3.89. The van der Waals surface area contributed by atoms with Crippen molar-refractivity contribution in [2.24, 2.45) is 0 Å². The minimum absolute atomic E-state index is 1.04. The van der Waals surface area contributed by atoms with Crippen LogP contribution in [0.3, 0.4) is 0 Å². The predicted octanol–water partition coefficient (Wildman–Crippen LogP) is 12.4. The third-order valence-electron chi connectivity index (χ3n) is 9.13. The monoisotopic (exact) mass is 564 g/mol. The summed E-state index contributed by atoms with van der Waals surface area (Å²) >= 11 is 1.88. The fourth-order valence-corrected chi connectivity index (χ4v) is 8.32. The van der Waals surface area contributed by atoms with Gasteiger partial charge in [-0.05, 0) is 96.8 Å². The first kappa shape index (κ1) is 24.6. The molecule has 0 saturated heterocycles. The van der Waals surface area contributed by atoms with Crippen LogP contribution in [0.1, 0.15) is 24.0 Å². The van der Waals surface area contributed by atoms with Gasteiger partial charge >= 0.3 is 0 Å². The second-order valence-electron chi connectivity index (χ2n) is 11.5. The second kappa shape index (κ2) is 9.80. The molecule has 43 heavy (non-hydrogen) atoms. The molecule has 1 heterocycles. The molecule has 0 saturated carbocycles. The largest absolute Gasteiger partial charge is 0.135 e. The molecule has 1 aliphatic rings. The van der Waals surface area contributed by atoms with Crippen molar-refractivity contribution in [3.8, 4) is 11.1 Å². The maximum atomic E-state index is 2.46. The number of rotatable bonds is 3. The molecule has 0 aliphatic heterocycles. The van der Waals surface area contributed by atoms with Gasteiger partial charge in [-0.3, -0.25) is 0 Å². The number of allylic oxidation sites excluding steroid dienone is 4. The zero-order valence-corrected chi connectivity index (χ0v) is 24.5. The quantitative estimate of drug-likeness (QED) is 0.187. The van der Waals surface area contributed by atoms with Gasteiger partial charge in [0.05, 0.1) is 0 Å². The van der Waals surface area contributed by atoms with Crippen LogP contribution in [0.15, 0.2) is 146 Å². The van der Waals surface area contributed by atoms with Gasteiger partial charge in [-0.1, -0.05) is 127 Å². The Balaban J connectivity index is 1.30. The van der Waals surface area contributed by atoms with Gasteiger partial charge in [0.15, 0.2) is 0 Å². The van der Waals surface area contributed by atoms with Crippen molar-refractivity contribution in [3.63, 3.8) is 0 Å². The Morgan fingerprint density at radius 3 is 1.84 bits per heavy atom. The van der Waals surface area contributed by atoms with E-state index in [4.69, 9.17) is 0 Å². The van der Waals surface area contributed by atoms with E-state index in [9.17, 15) is 0 Å². The predicted molar refractivity (Wildman–Crippen MR) is 189 cm³/mol. The van der Waals surface area contributed by atoms with E-state index in [1.807, 2.05) is 11.3 Å². The third-order valence-corrected chi connectivity index (χ3v) is 10.3. The summed E-state index contributed by atoms with van der Waals surface area (Å²) in [6.45, 7) is 0. The molecule has 0 N–H and O–H groups in total. The summed E-state index contributed by atoms with van der Waals surface area (Å²) in [5.41, 5.74) is 8.05. The fraction of sp³-hybridized carbons (Fsp3) is 0.0476. The minimum atomic E-state index is 1.04. The van der Waals surface area contributed by atoms with Gasteiger partial charge in [0, 0.05) is 20.2 Å². The molecule has 0 atom stereocenters. The number of fused-ring (bicyclic) bond motifs is 6. The lowest BCUT2D eigenvalue weighted by molar-refractivity contribution is 1.06. The zero-order valence-electron chi connectivity index (χ0n) is 23.7. The van der Waals surface area contributed by atoms with E-state index in [0.29, 0.717) is 0 Å². The Bertz CT molecular complexity index is 2390. The lowest BCUT2D eigenvalue weighted by atomic mass is 9.82. The molecule has 0 bridgehead atoms. The molecule has 1 aromatic heterocycles. The Hall–Kier alpha value is -4.98. The van der Waals surface area contributed by atoms with Crippen molar-refractivity contribution in [2.75, 3.05) is 0 Å². The standard InChI is InChI=1S/C42H28S/c1-2-15-31-27(11-1)12-10-21-32(31)28-13-9-14-29(25-28)41-34-17-3-5-19-36(34)42(37-20-6-4-18-35(37)41)30-23-24-40-38(26-30)33-16-7-8-22-39(33)43-40/h1-8,10-13,15-26H,9,14H2. The van der Waals surface area contributed by atoms with Gasteiger partial charge in [0.25, 0.3) is 0 Å². The highest BCUT2D eigenvalue weighted by molar-refractivity contribution is 7.25. The van der Waals surface area contributed by atoms with E-state index < -0.39 is 0 Å². The number of thiophene rings is 1. The average molecular weight is 565 g/mol. The Kier molecular flexibility index (Phi) is 5.61. The maximum absolute atomic E-state index is 2.46. The molecule has 1 heteroatoms. The molecular formula is C42H28S. The molecule has 0 fully saturated rings. The highest BCUT2D eigenvalue weighted by Gasteiger charge is 2.20. The van der Waals surface area contributed by atoms with Crippen LogP contribution in [0.5, 0.6) is 0 Å². The van der Waals surface area contributed by atoms with Gasteiger partial charge in [-0.15, -0.1) is 11.3 Å². The van der Waals surface area contributed by atoms with Crippen molar-refractivity contribution >= 4 is 75.0 Å². The van der Waals surface area contributed by atoms with E-state index in [2.05, 4.69) is 146 Å². The normalized spacial score (nSPS) is 13.7. The van der Waals surface area contributed by atoms with Crippen molar-refractivity contribution in [2.45, 2.75) is 12.8 Å². The summed E-state index contributed by atoms with van der Waals surface area (Å²) in [6.07, 6.45) is 6.96. The maximum Gasteiger partial charge on any atom is 0.0355 e. The van der Waals surface area contributed by atoms with Crippen molar-refractivity contribution in [3.05, 3.63) is 157 Å². The number of hydrogen-bond acceptors (Lipinski definition) is 1. The summed E-state index contributed by atoms with van der Waals surface area (Å²) in [7, 11) is 0. The van der Waals surface area contributed by atoms with E-state index in [1.165, 1.54) is 85.9 Å². The summed E-state index contributed by atoms with van der Waals surface area (Å²) in [4.78, 5) is 0. The summed E-state index contributed by atoms with van der Waals surface area (Å²) in [5.74, 6) is 0. The van der Waals surface area contributed by atoms with Crippen LogP contribution >= 0.6 is 11.3 Å². The van der Waals surface area contributed by atoms with E-state index in [-0.39, 0.29) is 0 Å². The molecule has 7 aromatic carbocycles. The average Bonchev–Trinajstić information content (AvgIpc) is 3.45.